The summed E-state index contributed by atoms with van der Waals surface area (Å²) in [5, 5.41) is 5.48. The number of nitrogens with two attached hydrogens (primary N) is 1. The van der Waals surface area contributed by atoms with Crippen LogP contribution >= 0.6 is 0 Å². The molecule has 0 bridgehead atoms. The number of Topliss-reactive ketones (excluding diaryl/α,β-unsaturated/α-hetero) is 1. The molecule has 11 heteroatoms. The molecule has 0 heterocycles. The molecule has 0 fully saturated rings. The minimum absolute atomic E-state index is 0.225. The lowest BCUT2D eigenvalue weighted by Gasteiger charge is -2.20. The lowest BCUT2D eigenvalue weighted by Crippen LogP contribution is -2.25. The number of carbonyl (C=O) groups is 3. The monoisotopic (exact) mass is 551 g/mol. The number of benzene rings is 3. The van der Waals surface area contributed by atoms with E-state index in [1.807, 2.05) is 0 Å². The van der Waals surface area contributed by atoms with Crippen molar-refractivity contribution in [1.82, 2.24) is 0 Å². The topological polar surface area (TPSA) is 147 Å². The third-order valence-corrected chi connectivity index (χ3v) is 6.23. The highest BCUT2D eigenvalue weighted by atomic mass is 16.5. The van der Waals surface area contributed by atoms with E-state index in [1.54, 1.807) is 48.5 Å². The molecule has 4 N–H and O–H groups in total. The lowest BCUT2D eigenvalue weighted by molar-refractivity contribution is -0.119. The number of carbonyl (C=O) groups excluding carboxylic acids is 3. The van der Waals surface area contributed by atoms with Gasteiger partial charge in [0.2, 0.25) is 11.7 Å². The Bertz CT molecular complexity index is 1360. The Labute approximate surface area is 232 Å². The average molecular weight is 552 g/mol. The summed E-state index contributed by atoms with van der Waals surface area (Å²) in [6.45, 7) is 1.41. The van der Waals surface area contributed by atoms with Gasteiger partial charge in [-0.15, -0.1) is 0 Å². The van der Waals surface area contributed by atoms with Gasteiger partial charge in [0.25, 0.3) is 0 Å². The van der Waals surface area contributed by atoms with Gasteiger partial charge >= 0.3 is 6.03 Å². The summed E-state index contributed by atoms with van der Waals surface area (Å²) in [4.78, 5) is 37.5. The number of methoxy groups -OCH3 is 5. The van der Waals surface area contributed by atoms with Gasteiger partial charge in [0.1, 0.15) is 0 Å². The fourth-order valence-electron chi connectivity index (χ4n) is 4.26. The molecule has 0 aromatic heterocycles. The number of ether oxygens (including phenoxy) is 5. The number of hydrogen-bond donors (Lipinski definition) is 3. The first-order valence-corrected chi connectivity index (χ1v) is 12.2. The van der Waals surface area contributed by atoms with Crippen molar-refractivity contribution in [3.8, 4) is 28.7 Å². The number of primary amides is 1. The van der Waals surface area contributed by atoms with E-state index in [0.29, 0.717) is 51.2 Å². The quantitative estimate of drug-likeness (QED) is 0.281. The summed E-state index contributed by atoms with van der Waals surface area (Å²) in [6.07, 6.45) is 0.225. The zero-order valence-electron chi connectivity index (χ0n) is 23.2. The van der Waals surface area contributed by atoms with Gasteiger partial charge in [-0.1, -0.05) is 12.1 Å². The van der Waals surface area contributed by atoms with Crippen LogP contribution < -0.4 is 40.1 Å². The van der Waals surface area contributed by atoms with Crippen molar-refractivity contribution in [3.63, 3.8) is 0 Å². The van der Waals surface area contributed by atoms with E-state index < -0.39 is 17.9 Å². The van der Waals surface area contributed by atoms with Crippen LogP contribution in [0.1, 0.15) is 34.3 Å². The first kappa shape index (κ1) is 29.6. The molecule has 11 nitrogen and oxygen atoms in total. The van der Waals surface area contributed by atoms with Crippen LogP contribution in [0.4, 0.5) is 16.2 Å². The van der Waals surface area contributed by atoms with Crippen LogP contribution in [0, 0.1) is 0 Å². The van der Waals surface area contributed by atoms with E-state index in [2.05, 4.69) is 10.6 Å². The Morgan fingerprint density at radius 3 is 1.73 bits per heavy atom. The number of ketones is 1. The van der Waals surface area contributed by atoms with Crippen LogP contribution in [-0.2, 0) is 11.2 Å². The highest BCUT2D eigenvalue weighted by molar-refractivity contribution is 6.00. The van der Waals surface area contributed by atoms with Gasteiger partial charge < -0.3 is 40.1 Å². The Morgan fingerprint density at radius 2 is 1.25 bits per heavy atom. The fourth-order valence-corrected chi connectivity index (χ4v) is 4.26. The Hall–Kier alpha value is -4.93. The molecule has 40 heavy (non-hydrogen) atoms. The molecule has 0 saturated carbocycles. The summed E-state index contributed by atoms with van der Waals surface area (Å²) < 4.78 is 26.6. The number of amides is 3. The van der Waals surface area contributed by atoms with Gasteiger partial charge in [0.05, 0.1) is 47.2 Å². The predicted molar refractivity (Wildman–Crippen MR) is 150 cm³/mol. The van der Waals surface area contributed by atoms with Crippen LogP contribution in [0.5, 0.6) is 28.7 Å². The van der Waals surface area contributed by atoms with E-state index in [9.17, 15) is 14.4 Å². The SMILES string of the molecule is COc1cc(C(C)=O)c(C(Cc2ccc(NC(=O)Nc3cc(OC)c(OC)c(OC)c3)cc2)C(N)=O)cc1OC. The molecule has 0 spiro atoms. The van der Waals surface area contributed by atoms with Gasteiger partial charge in [-0.05, 0) is 48.7 Å². The van der Waals surface area contributed by atoms with Crippen molar-refractivity contribution in [2.24, 2.45) is 5.73 Å². The van der Waals surface area contributed by atoms with Gasteiger partial charge in [0, 0.05) is 23.4 Å². The predicted octanol–water partition coefficient (Wildman–Crippen LogP) is 4.39. The largest absolute Gasteiger partial charge is 0.493 e. The van der Waals surface area contributed by atoms with Gasteiger partial charge in [-0.25, -0.2) is 4.79 Å². The van der Waals surface area contributed by atoms with E-state index in [4.69, 9.17) is 29.4 Å². The van der Waals surface area contributed by atoms with E-state index in [1.165, 1.54) is 42.5 Å². The van der Waals surface area contributed by atoms with Gasteiger partial charge in [0.15, 0.2) is 28.8 Å². The molecule has 0 saturated heterocycles. The molecule has 0 aliphatic carbocycles. The molecule has 1 atom stereocenters. The van der Waals surface area contributed by atoms with E-state index in [-0.39, 0.29) is 12.2 Å². The maximum atomic E-state index is 12.6. The maximum Gasteiger partial charge on any atom is 0.323 e. The van der Waals surface area contributed by atoms with E-state index in [0.717, 1.165) is 5.56 Å². The number of hydrogen-bond acceptors (Lipinski definition) is 8. The molecule has 3 aromatic rings. The second-order valence-corrected chi connectivity index (χ2v) is 8.70. The van der Waals surface area contributed by atoms with Crippen molar-refractivity contribution in [3.05, 3.63) is 65.2 Å². The first-order chi connectivity index (χ1) is 19.1. The standard InChI is InChI=1S/C29H33N3O8/c1-16(33)20-14-23(36-2)24(37-3)15-21(20)22(28(30)34)11-17-7-9-18(10-8-17)31-29(35)32-19-12-25(38-4)27(40-6)26(13-19)39-5/h7-10,12-15,22H,11H2,1-6H3,(H2,30,34)(H2,31,32,35). The normalized spacial score (nSPS) is 11.2. The Balaban J connectivity index is 1.78. The molecule has 0 radical (unpaired) electrons. The van der Waals surface area contributed by atoms with Crippen molar-refractivity contribution in [2.75, 3.05) is 46.2 Å². The number of rotatable bonds is 12. The number of nitrogens with one attached hydrogen (secondary N) is 2. The van der Waals surface area contributed by atoms with Crippen molar-refractivity contribution < 1.29 is 38.1 Å². The number of anilines is 2. The van der Waals surface area contributed by atoms with Gasteiger partial charge in [-0.3, -0.25) is 9.59 Å². The van der Waals surface area contributed by atoms with Crippen molar-refractivity contribution in [2.45, 2.75) is 19.3 Å². The highest BCUT2D eigenvalue weighted by Gasteiger charge is 2.26. The smallest absolute Gasteiger partial charge is 0.323 e. The molecule has 212 valence electrons. The minimum Gasteiger partial charge on any atom is -0.493 e. The summed E-state index contributed by atoms with van der Waals surface area (Å²) in [7, 11) is 7.39. The molecule has 1 unspecified atom stereocenters. The minimum atomic E-state index is -0.805. The van der Waals surface area contributed by atoms with E-state index >= 15 is 0 Å². The second-order valence-electron chi connectivity index (χ2n) is 8.70. The third-order valence-electron chi connectivity index (χ3n) is 6.23. The summed E-state index contributed by atoms with van der Waals surface area (Å²) in [6, 6.07) is 12.8. The third kappa shape index (κ3) is 6.73. The zero-order valence-corrected chi connectivity index (χ0v) is 23.2. The Kier molecular flexibility index (Phi) is 9.80. The molecular formula is C29H33N3O8. The van der Waals surface area contributed by atoms with Crippen LogP contribution in [0.25, 0.3) is 0 Å². The number of urea groups is 1. The highest BCUT2D eigenvalue weighted by Crippen LogP contribution is 2.40. The van der Waals surface area contributed by atoms with Crippen molar-refractivity contribution >= 4 is 29.1 Å². The van der Waals surface area contributed by atoms with Crippen LogP contribution in [0.15, 0.2) is 48.5 Å². The van der Waals surface area contributed by atoms with Crippen LogP contribution in [0.3, 0.4) is 0 Å². The second kappa shape index (κ2) is 13.2. The summed E-state index contributed by atoms with van der Waals surface area (Å²) in [5.41, 5.74) is 8.25. The van der Waals surface area contributed by atoms with Crippen molar-refractivity contribution in [1.29, 1.82) is 0 Å². The van der Waals surface area contributed by atoms with Crippen LogP contribution in [-0.4, -0.2) is 53.3 Å². The fraction of sp³-hybridized carbons (Fsp3) is 0.276. The molecule has 0 aliphatic rings. The molecule has 0 aliphatic heterocycles. The summed E-state index contributed by atoms with van der Waals surface area (Å²) in [5.74, 6) is 0.318. The Morgan fingerprint density at radius 1 is 0.725 bits per heavy atom. The molecule has 3 rings (SSSR count). The average Bonchev–Trinajstić information content (AvgIpc) is 2.95. The first-order valence-electron chi connectivity index (χ1n) is 12.2. The lowest BCUT2D eigenvalue weighted by atomic mass is 9.86. The molecule has 3 amide bonds. The summed E-state index contributed by atoms with van der Waals surface area (Å²) >= 11 is 0. The van der Waals surface area contributed by atoms with Crippen LogP contribution in [0.2, 0.25) is 0 Å². The van der Waals surface area contributed by atoms with Gasteiger partial charge in [-0.2, -0.15) is 0 Å². The maximum absolute atomic E-state index is 12.6. The zero-order chi connectivity index (χ0) is 29.4. The molecule has 3 aromatic carbocycles. The molecular weight excluding hydrogens is 518 g/mol.